The number of nitrogen functional groups attached to an aromatic ring is 1. The number of nitrogens with two attached hydrogens (primary N) is 1. The molecule has 0 radical (unpaired) electrons. The molecule has 1 amide bonds. The van der Waals surface area contributed by atoms with E-state index in [-0.39, 0.29) is 18.0 Å². The van der Waals surface area contributed by atoms with Crippen LogP contribution in [0.1, 0.15) is 60.5 Å². The molecule has 0 bridgehead atoms. The van der Waals surface area contributed by atoms with Crippen LogP contribution in [0.4, 0.5) is 5.69 Å². The highest BCUT2D eigenvalue weighted by Crippen LogP contribution is 2.37. The van der Waals surface area contributed by atoms with Gasteiger partial charge in [-0.05, 0) is 64.0 Å². The molecule has 122 valence electrons. The molecule has 2 atom stereocenters. The number of nitrogens with zero attached hydrogens (tertiary/aromatic N) is 2. The smallest absolute Gasteiger partial charge is 0.266 e. The molecule has 1 unspecified atom stereocenters. The number of pyridine rings is 1. The van der Waals surface area contributed by atoms with Crippen molar-refractivity contribution in [1.29, 1.82) is 0 Å². The van der Waals surface area contributed by atoms with Gasteiger partial charge >= 0.3 is 0 Å². The van der Waals surface area contributed by atoms with E-state index in [4.69, 9.17) is 10.7 Å². The number of hydrogen-bond donors (Lipinski definition) is 1. The van der Waals surface area contributed by atoms with Crippen molar-refractivity contribution >= 4 is 33.1 Å². The van der Waals surface area contributed by atoms with E-state index in [1.165, 1.54) is 35.4 Å². The first-order valence-corrected chi connectivity index (χ1v) is 9.41. The van der Waals surface area contributed by atoms with Gasteiger partial charge in [-0.3, -0.25) is 4.79 Å². The summed E-state index contributed by atoms with van der Waals surface area (Å²) in [6.07, 6.45) is 6.65. The summed E-state index contributed by atoms with van der Waals surface area (Å²) < 4.78 is 0. The van der Waals surface area contributed by atoms with Gasteiger partial charge in [-0.2, -0.15) is 0 Å². The molecule has 23 heavy (non-hydrogen) atoms. The van der Waals surface area contributed by atoms with Crippen LogP contribution >= 0.6 is 11.3 Å². The maximum absolute atomic E-state index is 13.1. The van der Waals surface area contributed by atoms with Gasteiger partial charge in [-0.15, -0.1) is 11.3 Å². The van der Waals surface area contributed by atoms with Gasteiger partial charge in [0.1, 0.15) is 9.71 Å². The summed E-state index contributed by atoms with van der Waals surface area (Å²) in [6, 6.07) is 2.73. The van der Waals surface area contributed by atoms with Crippen LogP contribution < -0.4 is 5.73 Å². The first kappa shape index (κ1) is 14.9. The molecule has 1 aliphatic carbocycles. The molecular weight excluding hydrogens is 306 g/mol. The molecule has 5 heteroatoms. The minimum absolute atomic E-state index is 0.0883. The number of carbonyl (C=O) groups is 1. The fraction of sp³-hybridized carbons (Fsp3) is 0.556. The Morgan fingerprint density at radius 1 is 1.26 bits per heavy atom. The number of thiophene rings is 1. The van der Waals surface area contributed by atoms with E-state index in [9.17, 15) is 4.79 Å². The normalized spacial score (nSPS) is 24.2. The van der Waals surface area contributed by atoms with Crippen molar-refractivity contribution in [2.75, 3.05) is 5.73 Å². The third kappa shape index (κ3) is 2.33. The summed E-state index contributed by atoms with van der Waals surface area (Å²) in [5.41, 5.74) is 9.48. The fourth-order valence-corrected chi connectivity index (χ4v) is 5.14. The molecule has 1 aliphatic heterocycles. The van der Waals surface area contributed by atoms with Crippen molar-refractivity contribution in [3.63, 3.8) is 0 Å². The van der Waals surface area contributed by atoms with E-state index in [0.29, 0.717) is 10.6 Å². The second-order valence-corrected chi connectivity index (χ2v) is 7.99. The van der Waals surface area contributed by atoms with Crippen LogP contribution in [-0.4, -0.2) is 27.9 Å². The van der Waals surface area contributed by atoms with Crippen LogP contribution in [0.2, 0.25) is 0 Å². The van der Waals surface area contributed by atoms with E-state index >= 15 is 0 Å². The van der Waals surface area contributed by atoms with E-state index in [0.717, 1.165) is 35.9 Å². The Morgan fingerprint density at radius 2 is 2.00 bits per heavy atom. The average molecular weight is 329 g/mol. The Balaban J connectivity index is 1.76. The summed E-state index contributed by atoms with van der Waals surface area (Å²) in [5.74, 6) is 0.0883. The number of carbonyl (C=O) groups excluding carboxylic acids is 1. The number of likely N-dealkylation sites (tertiary alicyclic amines) is 1. The largest absolute Gasteiger partial charge is 0.397 e. The minimum atomic E-state index is 0.0883. The molecule has 0 spiro atoms. The van der Waals surface area contributed by atoms with Crippen LogP contribution in [0.5, 0.6) is 0 Å². The summed E-state index contributed by atoms with van der Waals surface area (Å²) in [4.78, 5) is 21.5. The zero-order chi connectivity index (χ0) is 16.1. The highest BCUT2D eigenvalue weighted by atomic mass is 32.1. The van der Waals surface area contributed by atoms with Crippen LogP contribution in [0.25, 0.3) is 10.2 Å². The zero-order valence-corrected chi connectivity index (χ0v) is 14.6. The highest BCUT2D eigenvalue weighted by Gasteiger charge is 2.32. The van der Waals surface area contributed by atoms with Gasteiger partial charge in [-0.25, -0.2) is 4.98 Å². The van der Waals surface area contributed by atoms with Crippen LogP contribution in [0.3, 0.4) is 0 Å². The van der Waals surface area contributed by atoms with Crippen molar-refractivity contribution in [3.8, 4) is 0 Å². The molecule has 0 aromatic carbocycles. The molecule has 2 aromatic rings. The van der Waals surface area contributed by atoms with Gasteiger partial charge in [0.05, 0.1) is 5.69 Å². The Bertz CT molecular complexity index is 772. The predicted octanol–water partition coefficient (Wildman–Crippen LogP) is 3.77. The Kier molecular flexibility index (Phi) is 3.56. The Hall–Kier alpha value is -1.62. The molecule has 3 heterocycles. The SMILES string of the molecule is CC1CCC[C@@H](C)N1C(=O)c1sc2nc3c(cc2c1N)CCC3. The monoisotopic (exact) mass is 329 g/mol. The quantitative estimate of drug-likeness (QED) is 0.866. The van der Waals surface area contributed by atoms with Crippen molar-refractivity contribution in [1.82, 2.24) is 9.88 Å². The Morgan fingerprint density at radius 3 is 2.74 bits per heavy atom. The number of piperidine rings is 1. The first-order valence-electron chi connectivity index (χ1n) is 8.59. The van der Waals surface area contributed by atoms with Crippen molar-refractivity contribution in [2.24, 2.45) is 0 Å². The van der Waals surface area contributed by atoms with E-state index in [1.54, 1.807) is 0 Å². The third-order valence-corrected chi connectivity index (χ3v) is 6.47. The summed E-state index contributed by atoms with van der Waals surface area (Å²) in [5, 5.41) is 0.969. The number of amides is 1. The molecule has 2 N–H and O–H groups in total. The number of aromatic nitrogens is 1. The van der Waals surface area contributed by atoms with Crippen molar-refractivity contribution in [2.45, 2.75) is 64.5 Å². The van der Waals surface area contributed by atoms with Gasteiger partial charge in [0.15, 0.2) is 0 Å². The predicted molar refractivity (Wildman–Crippen MR) is 95.0 cm³/mol. The van der Waals surface area contributed by atoms with Crippen molar-refractivity contribution < 1.29 is 4.79 Å². The molecule has 0 saturated carbocycles. The van der Waals surface area contributed by atoms with E-state index < -0.39 is 0 Å². The topological polar surface area (TPSA) is 59.2 Å². The second-order valence-electron chi connectivity index (χ2n) is 6.99. The van der Waals surface area contributed by atoms with Gasteiger partial charge in [0.2, 0.25) is 0 Å². The average Bonchev–Trinajstić information content (AvgIpc) is 3.09. The lowest BCUT2D eigenvalue weighted by molar-refractivity contribution is 0.0517. The van der Waals surface area contributed by atoms with Crippen LogP contribution in [0, 0.1) is 0 Å². The lowest BCUT2D eigenvalue weighted by Crippen LogP contribution is -2.47. The highest BCUT2D eigenvalue weighted by molar-refractivity contribution is 7.21. The second kappa shape index (κ2) is 5.48. The molecule has 2 aliphatic rings. The maximum atomic E-state index is 13.1. The summed E-state index contributed by atoms with van der Waals surface area (Å²) in [7, 11) is 0. The maximum Gasteiger partial charge on any atom is 0.266 e. The van der Waals surface area contributed by atoms with Gasteiger partial charge in [0, 0.05) is 23.2 Å². The van der Waals surface area contributed by atoms with Gasteiger partial charge in [0.25, 0.3) is 5.91 Å². The minimum Gasteiger partial charge on any atom is -0.397 e. The fourth-order valence-electron chi connectivity index (χ4n) is 4.10. The summed E-state index contributed by atoms with van der Waals surface area (Å²) in [6.45, 7) is 4.29. The lowest BCUT2D eigenvalue weighted by Gasteiger charge is -2.38. The van der Waals surface area contributed by atoms with E-state index in [2.05, 4.69) is 19.9 Å². The Labute approximate surface area is 140 Å². The van der Waals surface area contributed by atoms with Crippen molar-refractivity contribution in [3.05, 3.63) is 22.2 Å². The molecule has 1 saturated heterocycles. The molecule has 1 fully saturated rings. The molecule has 4 nitrogen and oxygen atoms in total. The molecule has 4 rings (SSSR count). The molecular formula is C18H23N3OS. The number of fused-ring (bicyclic) bond motifs is 2. The van der Waals surface area contributed by atoms with Gasteiger partial charge in [-0.1, -0.05) is 0 Å². The number of aryl methyl sites for hydroxylation is 2. The molecule has 2 aromatic heterocycles. The standard InChI is InChI=1S/C18H23N3OS/c1-10-5-3-6-11(2)21(10)18(22)16-15(19)13-9-12-7-4-8-14(12)20-17(13)23-16/h9-11H,3-8,19H2,1-2H3/t10-,11?/m1/s1. The van der Waals surface area contributed by atoms with E-state index in [1.807, 2.05) is 4.90 Å². The van der Waals surface area contributed by atoms with Gasteiger partial charge < -0.3 is 10.6 Å². The zero-order valence-electron chi connectivity index (χ0n) is 13.8. The number of hydrogen-bond acceptors (Lipinski definition) is 4. The van der Waals surface area contributed by atoms with Crippen LogP contribution in [-0.2, 0) is 12.8 Å². The number of anilines is 1. The number of rotatable bonds is 1. The summed E-state index contributed by atoms with van der Waals surface area (Å²) >= 11 is 1.47. The lowest BCUT2D eigenvalue weighted by atomic mass is 9.97. The van der Waals surface area contributed by atoms with Crippen LogP contribution in [0.15, 0.2) is 6.07 Å². The third-order valence-electron chi connectivity index (χ3n) is 5.37. The first-order chi connectivity index (χ1) is 11.1.